The molecule has 1 heterocycles. The Labute approximate surface area is 128 Å². The molecule has 0 radical (unpaired) electrons. The van der Waals surface area contributed by atoms with Crippen molar-refractivity contribution in [3.8, 4) is 0 Å². The molecular weight excluding hydrogens is 324 g/mol. The molecule has 2 nitrogen and oxygen atoms in total. The van der Waals surface area contributed by atoms with E-state index in [2.05, 4.69) is 40.9 Å². The lowest BCUT2D eigenvalue weighted by Crippen LogP contribution is -2.18. The van der Waals surface area contributed by atoms with Crippen molar-refractivity contribution in [3.05, 3.63) is 39.5 Å². The standard InChI is InChI=1S/C15H18BrClN2/c1-3-11(2)10-19-8-4-5-15(19)18-14-7-6-12(17)9-13(14)16/h6-7,9-10H,3-5,8H2,1-2H3/b11-10+,18-15?. The highest BCUT2D eigenvalue weighted by molar-refractivity contribution is 9.10. The van der Waals surface area contributed by atoms with E-state index in [9.17, 15) is 0 Å². The van der Waals surface area contributed by atoms with Crippen molar-refractivity contribution in [2.75, 3.05) is 6.54 Å². The van der Waals surface area contributed by atoms with Gasteiger partial charge in [0.1, 0.15) is 5.84 Å². The van der Waals surface area contributed by atoms with Gasteiger partial charge in [0.2, 0.25) is 0 Å². The van der Waals surface area contributed by atoms with E-state index in [4.69, 9.17) is 16.6 Å². The topological polar surface area (TPSA) is 15.6 Å². The molecule has 0 bridgehead atoms. The lowest BCUT2D eigenvalue weighted by Gasteiger charge is -2.15. The molecule has 0 atom stereocenters. The van der Waals surface area contributed by atoms with Crippen molar-refractivity contribution < 1.29 is 0 Å². The van der Waals surface area contributed by atoms with Crippen LogP contribution in [0.5, 0.6) is 0 Å². The Kier molecular flexibility index (Phi) is 5.06. The van der Waals surface area contributed by atoms with Crippen LogP contribution in [0.15, 0.2) is 39.4 Å². The molecule has 1 aromatic carbocycles. The van der Waals surface area contributed by atoms with E-state index in [1.807, 2.05) is 18.2 Å². The molecule has 0 saturated carbocycles. The summed E-state index contributed by atoms with van der Waals surface area (Å²) in [5.41, 5.74) is 2.32. The first-order chi connectivity index (χ1) is 9.10. The van der Waals surface area contributed by atoms with Crippen LogP contribution in [0.25, 0.3) is 0 Å². The summed E-state index contributed by atoms with van der Waals surface area (Å²) in [6, 6.07) is 5.71. The highest BCUT2D eigenvalue weighted by atomic mass is 79.9. The number of hydrogen-bond donors (Lipinski definition) is 0. The van der Waals surface area contributed by atoms with Crippen LogP contribution in [-0.4, -0.2) is 17.3 Å². The van der Waals surface area contributed by atoms with Crippen molar-refractivity contribution in [1.82, 2.24) is 4.90 Å². The summed E-state index contributed by atoms with van der Waals surface area (Å²) >= 11 is 9.46. The van der Waals surface area contributed by atoms with Gasteiger partial charge in [-0.15, -0.1) is 0 Å². The number of likely N-dealkylation sites (tertiary alicyclic amines) is 1. The molecule has 0 spiro atoms. The van der Waals surface area contributed by atoms with Gasteiger partial charge in [0.05, 0.1) is 5.69 Å². The van der Waals surface area contributed by atoms with E-state index in [1.165, 1.54) is 5.57 Å². The summed E-state index contributed by atoms with van der Waals surface area (Å²) < 4.78 is 0.940. The maximum atomic E-state index is 5.95. The van der Waals surface area contributed by atoms with Crippen molar-refractivity contribution in [2.45, 2.75) is 33.1 Å². The van der Waals surface area contributed by atoms with E-state index >= 15 is 0 Å². The zero-order valence-electron chi connectivity index (χ0n) is 11.3. The Hall–Kier alpha value is -0.800. The highest BCUT2D eigenvalue weighted by Crippen LogP contribution is 2.30. The largest absolute Gasteiger partial charge is 0.337 e. The van der Waals surface area contributed by atoms with Gasteiger partial charge in [0.15, 0.2) is 0 Å². The summed E-state index contributed by atoms with van der Waals surface area (Å²) in [5, 5.41) is 0.723. The minimum Gasteiger partial charge on any atom is -0.337 e. The van der Waals surface area contributed by atoms with Crippen LogP contribution in [0.4, 0.5) is 5.69 Å². The van der Waals surface area contributed by atoms with Crippen molar-refractivity contribution in [2.24, 2.45) is 4.99 Å². The fourth-order valence-corrected chi connectivity index (χ4v) is 2.78. The van der Waals surface area contributed by atoms with Gasteiger partial charge < -0.3 is 4.90 Å². The summed E-state index contributed by atoms with van der Waals surface area (Å²) in [6.07, 6.45) is 5.49. The molecule has 0 unspecified atom stereocenters. The first-order valence-electron chi connectivity index (χ1n) is 6.56. The smallest absolute Gasteiger partial charge is 0.109 e. The van der Waals surface area contributed by atoms with Gasteiger partial charge in [0.25, 0.3) is 0 Å². The van der Waals surface area contributed by atoms with Crippen LogP contribution in [0.3, 0.4) is 0 Å². The average molecular weight is 342 g/mol. The molecular formula is C15H18BrClN2. The first-order valence-corrected chi connectivity index (χ1v) is 7.74. The second-order valence-corrected chi connectivity index (χ2v) is 6.04. The number of hydrogen-bond acceptors (Lipinski definition) is 1. The van der Waals surface area contributed by atoms with Crippen LogP contribution in [0.1, 0.15) is 33.1 Å². The second kappa shape index (κ2) is 6.58. The van der Waals surface area contributed by atoms with Crippen molar-refractivity contribution in [3.63, 3.8) is 0 Å². The van der Waals surface area contributed by atoms with Gasteiger partial charge in [-0.2, -0.15) is 0 Å². The quantitative estimate of drug-likeness (QED) is 0.704. The van der Waals surface area contributed by atoms with E-state index in [0.717, 1.165) is 46.8 Å². The summed E-state index contributed by atoms with van der Waals surface area (Å²) in [4.78, 5) is 7.02. The zero-order valence-corrected chi connectivity index (χ0v) is 13.6. The Morgan fingerprint density at radius 2 is 2.32 bits per heavy atom. The molecule has 1 saturated heterocycles. The molecule has 0 amide bonds. The minimum absolute atomic E-state index is 0.723. The number of nitrogens with zero attached hydrogens (tertiary/aromatic N) is 2. The van der Waals surface area contributed by atoms with Gasteiger partial charge in [-0.05, 0) is 53.9 Å². The van der Waals surface area contributed by atoms with Gasteiger partial charge in [-0.1, -0.05) is 24.1 Å². The average Bonchev–Trinajstić information content (AvgIpc) is 2.80. The lowest BCUT2D eigenvalue weighted by atomic mass is 10.2. The predicted octanol–water partition coefficient (Wildman–Crippen LogP) is 5.54. The molecule has 1 fully saturated rings. The monoisotopic (exact) mass is 340 g/mol. The predicted molar refractivity (Wildman–Crippen MR) is 86.2 cm³/mol. The molecule has 0 aromatic heterocycles. The maximum absolute atomic E-state index is 5.95. The molecule has 1 aliphatic rings. The lowest BCUT2D eigenvalue weighted by molar-refractivity contribution is 0.595. The van der Waals surface area contributed by atoms with E-state index in [0.29, 0.717) is 0 Å². The van der Waals surface area contributed by atoms with Crippen molar-refractivity contribution in [1.29, 1.82) is 0 Å². The summed E-state index contributed by atoms with van der Waals surface area (Å²) in [6.45, 7) is 5.39. The van der Waals surface area contributed by atoms with Gasteiger partial charge in [-0.25, -0.2) is 4.99 Å². The molecule has 0 N–H and O–H groups in total. The van der Waals surface area contributed by atoms with E-state index in [1.54, 1.807) is 0 Å². The third kappa shape index (κ3) is 3.83. The van der Waals surface area contributed by atoms with Gasteiger partial charge in [0, 0.05) is 28.7 Å². The number of halogens is 2. The number of rotatable bonds is 3. The van der Waals surface area contributed by atoms with E-state index in [-0.39, 0.29) is 0 Å². The summed E-state index contributed by atoms with van der Waals surface area (Å²) in [7, 11) is 0. The Morgan fingerprint density at radius 1 is 1.53 bits per heavy atom. The van der Waals surface area contributed by atoms with Crippen LogP contribution >= 0.6 is 27.5 Å². The molecule has 4 heteroatoms. The van der Waals surface area contributed by atoms with Crippen LogP contribution in [0.2, 0.25) is 5.02 Å². The van der Waals surface area contributed by atoms with Crippen LogP contribution in [0, 0.1) is 0 Å². The molecule has 2 rings (SSSR count). The minimum atomic E-state index is 0.723. The van der Waals surface area contributed by atoms with Gasteiger partial charge >= 0.3 is 0 Å². The first kappa shape index (κ1) is 14.6. The summed E-state index contributed by atoms with van der Waals surface area (Å²) in [5.74, 6) is 1.14. The third-order valence-corrected chi connectivity index (χ3v) is 4.09. The van der Waals surface area contributed by atoms with Gasteiger partial charge in [-0.3, -0.25) is 0 Å². The fraction of sp³-hybridized carbons (Fsp3) is 0.400. The Morgan fingerprint density at radius 3 is 3.00 bits per heavy atom. The zero-order chi connectivity index (χ0) is 13.8. The number of amidine groups is 1. The fourth-order valence-electron chi connectivity index (χ4n) is 2.01. The van der Waals surface area contributed by atoms with Crippen molar-refractivity contribution >= 4 is 39.1 Å². The number of aliphatic imine (C=N–C) groups is 1. The Balaban J connectivity index is 2.26. The highest BCUT2D eigenvalue weighted by Gasteiger charge is 2.17. The SMILES string of the molecule is CC/C(C)=C/N1CCCC1=Nc1ccc(Cl)cc1Br. The van der Waals surface area contributed by atoms with E-state index < -0.39 is 0 Å². The molecule has 1 aliphatic heterocycles. The number of benzene rings is 1. The van der Waals surface area contributed by atoms with Crippen LogP contribution < -0.4 is 0 Å². The molecule has 0 aliphatic carbocycles. The molecule has 102 valence electrons. The molecule has 1 aromatic rings. The normalized spacial score (nSPS) is 18.4. The van der Waals surface area contributed by atoms with Crippen LogP contribution in [-0.2, 0) is 0 Å². The third-order valence-electron chi connectivity index (χ3n) is 3.22. The Bertz CT molecular complexity index is 523. The second-order valence-electron chi connectivity index (χ2n) is 4.75. The molecule has 19 heavy (non-hydrogen) atoms. The maximum Gasteiger partial charge on any atom is 0.109 e. The number of allylic oxidation sites excluding steroid dienone is 1.